The highest BCUT2D eigenvalue weighted by atomic mass is 28.4. The molecule has 0 spiro atoms. The first kappa shape index (κ1) is 45.0. The zero-order valence-corrected chi connectivity index (χ0v) is 37.7. The van der Waals surface area contributed by atoms with E-state index in [1.165, 1.54) is 38.5 Å². The van der Waals surface area contributed by atoms with E-state index >= 15 is 0 Å². The minimum absolute atomic E-state index is 0.0482. The Kier molecular flexibility index (Phi) is 15.6. The lowest BCUT2D eigenvalue weighted by Gasteiger charge is -2.39. The number of hydrogen-bond acceptors (Lipinski definition) is 6. The van der Waals surface area contributed by atoms with E-state index in [0.29, 0.717) is 24.4 Å². The molecular weight excluding hydrogens is 761 g/mol. The number of nitrogens with zero attached hydrogens (tertiary/aromatic N) is 1. The van der Waals surface area contributed by atoms with Crippen molar-refractivity contribution in [1.82, 2.24) is 15.2 Å². The van der Waals surface area contributed by atoms with Gasteiger partial charge in [-0.05, 0) is 97.3 Å². The van der Waals surface area contributed by atoms with E-state index in [1.54, 1.807) is 6.07 Å². The summed E-state index contributed by atoms with van der Waals surface area (Å²) in [7, 11) is -2.14. The second-order valence-electron chi connectivity index (χ2n) is 18.3. The summed E-state index contributed by atoms with van der Waals surface area (Å²) in [6.45, 7) is 16.4. The summed E-state index contributed by atoms with van der Waals surface area (Å²) in [6.07, 6.45) is 9.21. The Morgan fingerprint density at radius 1 is 0.817 bits per heavy atom. The van der Waals surface area contributed by atoms with E-state index in [4.69, 9.17) is 14.9 Å². The summed E-state index contributed by atoms with van der Waals surface area (Å²) in [4.78, 5) is 31.6. The molecule has 6 rings (SSSR count). The normalized spacial score (nSPS) is 15.7. The van der Waals surface area contributed by atoms with Gasteiger partial charge in [0.1, 0.15) is 17.8 Å². The molecule has 2 heterocycles. The molecule has 9 heteroatoms. The van der Waals surface area contributed by atoms with Gasteiger partial charge in [-0.3, -0.25) is 9.59 Å². The molecule has 60 heavy (non-hydrogen) atoms. The quantitative estimate of drug-likeness (QED) is 0.0474. The number of nitrogens with one attached hydrogen (secondary N) is 2. The zero-order chi connectivity index (χ0) is 42.6. The number of primary amides is 1. The van der Waals surface area contributed by atoms with Crippen LogP contribution in [0.3, 0.4) is 0 Å². The molecule has 1 amide bonds. The molecule has 1 fully saturated rings. The van der Waals surface area contributed by atoms with Gasteiger partial charge in [-0.2, -0.15) is 0 Å². The van der Waals surface area contributed by atoms with E-state index in [-0.39, 0.29) is 28.5 Å². The highest BCUT2D eigenvalue weighted by Crippen LogP contribution is 2.44. The van der Waals surface area contributed by atoms with E-state index in [0.717, 1.165) is 66.7 Å². The number of carbonyl (C=O) groups is 1. The predicted octanol–water partition coefficient (Wildman–Crippen LogP) is 10.3. The standard InChI is InChI=1S/C51H68N4O4Si/c1-50(2,3)60(4,5)59-46(43-28-30-45(48-44(43)29-31-47(56)54-48)58-38-39-22-14-11-15-23-39)36-53-33-20-9-7-6-8-10-21-34-55-35-32-42(37-55)51(49(52)57,40-24-16-12-17-25-40)41-26-18-13-19-27-41/h11-19,22-31,42,46,53H,6-10,20-21,32-38H2,1-5H3,(H2,52,57)(H,54,56)/t42-,46+/m1/s1. The van der Waals surface area contributed by atoms with Gasteiger partial charge in [0.15, 0.2) is 8.32 Å². The zero-order valence-electron chi connectivity index (χ0n) is 36.7. The predicted molar refractivity (Wildman–Crippen MR) is 249 cm³/mol. The van der Waals surface area contributed by atoms with Crippen LogP contribution in [0.15, 0.2) is 120 Å². The number of nitrogens with two attached hydrogens (primary N) is 1. The van der Waals surface area contributed by atoms with Gasteiger partial charge < -0.3 is 30.1 Å². The maximum Gasteiger partial charge on any atom is 0.248 e. The van der Waals surface area contributed by atoms with E-state index in [9.17, 15) is 9.59 Å². The van der Waals surface area contributed by atoms with Crippen molar-refractivity contribution >= 4 is 25.1 Å². The minimum atomic E-state index is -2.14. The molecule has 4 N–H and O–H groups in total. The average molecular weight is 829 g/mol. The second-order valence-corrected chi connectivity index (χ2v) is 23.0. The van der Waals surface area contributed by atoms with Crippen LogP contribution in [0.1, 0.15) is 100 Å². The monoisotopic (exact) mass is 829 g/mol. The number of rotatable bonds is 22. The number of benzene rings is 4. The van der Waals surface area contributed by atoms with Crippen LogP contribution >= 0.6 is 0 Å². The lowest BCUT2D eigenvalue weighted by molar-refractivity contribution is -0.123. The summed E-state index contributed by atoms with van der Waals surface area (Å²) in [5.41, 5.74) is 10.2. The van der Waals surface area contributed by atoms with Crippen molar-refractivity contribution in [2.75, 3.05) is 32.7 Å². The molecule has 4 aromatic carbocycles. The SMILES string of the molecule is CC(C)(C)[Si](C)(C)O[C@@H](CNCCCCCCCCCN1CC[C@@H](C(C(N)=O)(c2ccccc2)c2ccccc2)C1)c1ccc(OCc2ccccc2)c2[nH]c(=O)ccc12. The third-order valence-electron chi connectivity index (χ3n) is 13.1. The van der Waals surface area contributed by atoms with E-state index < -0.39 is 13.7 Å². The number of fused-ring (bicyclic) bond motifs is 1. The Hall–Kier alpha value is -4.54. The topological polar surface area (TPSA) is 110 Å². The van der Waals surface area contributed by atoms with Crippen LogP contribution in [0.2, 0.25) is 18.1 Å². The highest BCUT2D eigenvalue weighted by molar-refractivity contribution is 6.74. The van der Waals surface area contributed by atoms with Gasteiger partial charge in [-0.25, -0.2) is 0 Å². The Morgan fingerprint density at radius 3 is 2.03 bits per heavy atom. The molecule has 5 aromatic rings. The van der Waals surface area contributed by atoms with E-state index in [2.05, 4.69) is 79.4 Å². The number of aromatic nitrogens is 1. The summed E-state index contributed by atoms with van der Waals surface area (Å²) < 4.78 is 13.4. The number of amides is 1. The summed E-state index contributed by atoms with van der Waals surface area (Å²) in [5.74, 6) is 0.537. The van der Waals surface area contributed by atoms with Crippen LogP contribution in [0, 0.1) is 5.92 Å². The van der Waals surface area contributed by atoms with Crippen molar-refractivity contribution in [2.24, 2.45) is 11.7 Å². The molecular formula is C51H68N4O4Si. The average Bonchev–Trinajstić information content (AvgIpc) is 3.71. The fourth-order valence-corrected chi connectivity index (χ4v) is 10.0. The number of hydrogen-bond donors (Lipinski definition) is 3. The summed E-state index contributed by atoms with van der Waals surface area (Å²) in [5, 5.41) is 4.74. The molecule has 0 bridgehead atoms. The molecule has 2 atom stereocenters. The fourth-order valence-electron chi connectivity index (χ4n) is 8.75. The van der Waals surface area contributed by atoms with Crippen molar-refractivity contribution in [3.8, 4) is 5.75 Å². The minimum Gasteiger partial charge on any atom is -0.487 e. The van der Waals surface area contributed by atoms with Crippen LogP contribution in [-0.4, -0.2) is 56.8 Å². The molecule has 1 aromatic heterocycles. The Morgan fingerprint density at radius 2 is 1.42 bits per heavy atom. The van der Waals surface area contributed by atoms with Crippen molar-refractivity contribution in [3.05, 3.63) is 148 Å². The smallest absolute Gasteiger partial charge is 0.248 e. The Balaban J connectivity index is 0.959. The van der Waals surface area contributed by atoms with Gasteiger partial charge in [-0.15, -0.1) is 0 Å². The van der Waals surface area contributed by atoms with E-state index in [1.807, 2.05) is 78.9 Å². The molecule has 1 saturated heterocycles. The molecule has 1 aliphatic heterocycles. The van der Waals surface area contributed by atoms with Crippen molar-refractivity contribution in [1.29, 1.82) is 0 Å². The summed E-state index contributed by atoms with van der Waals surface area (Å²) in [6, 6.07) is 38.0. The number of H-pyrrole nitrogens is 1. The molecule has 1 aliphatic rings. The number of carbonyl (C=O) groups excluding carboxylic acids is 1. The number of ether oxygens (including phenoxy) is 1. The maximum atomic E-state index is 13.4. The van der Waals surface area contributed by atoms with Crippen LogP contribution in [0.5, 0.6) is 5.75 Å². The molecule has 0 unspecified atom stereocenters. The number of aromatic amines is 1. The van der Waals surface area contributed by atoms with Gasteiger partial charge in [0.2, 0.25) is 11.5 Å². The van der Waals surface area contributed by atoms with Crippen LogP contribution in [0.25, 0.3) is 10.9 Å². The van der Waals surface area contributed by atoms with Crippen LogP contribution in [-0.2, 0) is 21.2 Å². The van der Waals surface area contributed by atoms with Crippen molar-refractivity contribution in [3.63, 3.8) is 0 Å². The van der Waals surface area contributed by atoms with Crippen LogP contribution < -0.4 is 21.3 Å². The molecule has 0 radical (unpaired) electrons. The van der Waals surface area contributed by atoms with Gasteiger partial charge >= 0.3 is 0 Å². The third kappa shape index (κ3) is 11.0. The first-order chi connectivity index (χ1) is 28.9. The fraction of sp³-hybridized carbons (Fsp3) is 0.451. The highest BCUT2D eigenvalue weighted by Gasteiger charge is 2.49. The first-order valence-electron chi connectivity index (χ1n) is 22.2. The molecule has 8 nitrogen and oxygen atoms in total. The lowest BCUT2D eigenvalue weighted by atomic mass is 9.64. The Labute approximate surface area is 359 Å². The number of unbranched alkanes of at least 4 members (excludes halogenated alkanes) is 6. The molecule has 320 valence electrons. The molecule has 0 aliphatic carbocycles. The second kappa shape index (κ2) is 20.8. The maximum absolute atomic E-state index is 13.4. The Bertz CT molecular complexity index is 2110. The van der Waals surface area contributed by atoms with Gasteiger partial charge in [0.05, 0.1) is 11.6 Å². The summed E-state index contributed by atoms with van der Waals surface area (Å²) >= 11 is 0. The first-order valence-corrected chi connectivity index (χ1v) is 25.2. The van der Waals surface area contributed by atoms with Gasteiger partial charge in [0.25, 0.3) is 0 Å². The van der Waals surface area contributed by atoms with Gasteiger partial charge in [-0.1, -0.05) is 150 Å². The number of likely N-dealkylation sites (tertiary alicyclic amines) is 1. The van der Waals surface area contributed by atoms with Crippen LogP contribution in [0.4, 0.5) is 0 Å². The van der Waals surface area contributed by atoms with Gasteiger partial charge in [0, 0.05) is 24.5 Å². The third-order valence-corrected chi connectivity index (χ3v) is 17.6. The van der Waals surface area contributed by atoms with Crippen molar-refractivity contribution in [2.45, 2.75) is 108 Å². The molecule has 0 saturated carbocycles. The lowest BCUT2D eigenvalue weighted by Crippen LogP contribution is -2.49. The van der Waals surface area contributed by atoms with Crippen molar-refractivity contribution < 1.29 is 14.0 Å². The largest absolute Gasteiger partial charge is 0.487 e. The number of pyridine rings is 1.